The van der Waals surface area contributed by atoms with Crippen molar-refractivity contribution in [3.05, 3.63) is 0 Å². The van der Waals surface area contributed by atoms with Crippen LogP contribution < -0.4 is 5.32 Å². The minimum Gasteiger partial charge on any atom is -0.381 e. The average molecular weight is 291 g/mol. The van der Waals surface area contributed by atoms with Gasteiger partial charge in [-0.05, 0) is 13.3 Å². The van der Waals surface area contributed by atoms with Crippen LogP contribution in [-0.4, -0.2) is 81.9 Å². The summed E-state index contributed by atoms with van der Waals surface area (Å²) in [5.41, 5.74) is 0. The highest BCUT2D eigenvalue weighted by Crippen LogP contribution is 2.19. The smallest absolute Gasteiger partial charge is 0.216 e. The number of sulfonamides is 1. The highest BCUT2D eigenvalue weighted by atomic mass is 32.2. The molecule has 1 unspecified atom stereocenters. The topological polar surface area (TPSA) is 61.9 Å². The molecule has 112 valence electrons. The summed E-state index contributed by atoms with van der Waals surface area (Å²) in [4.78, 5) is 2.41. The summed E-state index contributed by atoms with van der Waals surface area (Å²) in [7, 11) is -3.14. The molecule has 2 rings (SSSR count). The van der Waals surface area contributed by atoms with Gasteiger partial charge in [-0.25, -0.2) is 12.7 Å². The van der Waals surface area contributed by atoms with Crippen molar-refractivity contribution in [3.8, 4) is 0 Å². The van der Waals surface area contributed by atoms with Gasteiger partial charge in [-0.3, -0.25) is 4.90 Å². The summed E-state index contributed by atoms with van der Waals surface area (Å²) < 4.78 is 31.1. The van der Waals surface area contributed by atoms with E-state index in [0.717, 1.165) is 32.6 Å². The van der Waals surface area contributed by atoms with E-state index in [1.165, 1.54) is 0 Å². The van der Waals surface area contributed by atoms with Crippen LogP contribution in [0.3, 0.4) is 0 Å². The normalized spacial score (nSPS) is 26.9. The van der Waals surface area contributed by atoms with Gasteiger partial charge in [-0.1, -0.05) is 0 Å². The Morgan fingerprint density at radius 3 is 2.68 bits per heavy atom. The number of piperazine rings is 1. The van der Waals surface area contributed by atoms with Crippen LogP contribution in [-0.2, 0) is 14.8 Å². The molecule has 2 saturated heterocycles. The van der Waals surface area contributed by atoms with Gasteiger partial charge < -0.3 is 10.1 Å². The zero-order valence-corrected chi connectivity index (χ0v) is 12.5. The van der Waals surface area contributed by atoms with Gasteiger partial charge in [-0.15, -0.1) is 0 Å². The molecule has 0 bridgehead atoms. The summed E-state index contributed by atoms with van der Waals surface area (Å²) in [5, 5.41) is 3.32. The second kappa shape index (κ2) is 6.99. The van der Waals surface area contributed by atoms with Crippen molar-refractivity contribution in [2.75, 3.05) is 58.2 Å². The Balaban J connectivity index is 1.83. The van der Waals surface area contributed by atoms with E-state index in [-0.39, 0.29) is 5.75 Å². The molecule has 0 aliphatic carbocycles. The average Bonchev–Trinajstić information content (AvgIpc) is 2.90. The van der Waals surface area contributed by atoms with Crippen LogP contribution in [0.2, 0.25) is 0 Å². The summed E-state index contributed by atoms with van der Waals surface area (Å²) in [5.74, 6) is 0.106. The molecule has 19 heavy (non-hydrogen) atoms. The SMILES string of the molecule is CCOCCS(=O)(=O)N1CCC(N2CCNCC2)C1. The number of hydrogen-bond donors (Lipinski definition) is 1. The molecule has 0 amide bonds. The van der Waals surface area contributed by atoms with E-state index in [2.05, 4.69) is 10.2 Å². The number of nitrogens with one attached hydrogen (secondary N) is 1. The van der Waals surface area contributed by atoms with Gasteiger partial charge in [0.15, 0.2) is 0 Å². The molecule has 0 radical (unpaired) electrons. The second-order valence-corrected chi connectivity index (χ2v) is 7.19. The molecule has 2 fully saturated rings. The largest absolute Gasteiger partial charge is 0.381 e. The molecule has 2 heterocycles. The van der Waals surface area contributed by atoms with Crippen molar-refractivity contribution in [2.24, 2.45) is 0 Å². The van der Waals surface area contributed by atoms with E-state index < -0.39 is 10.0 Å². The van der Waals surface area contributed by atoms with E-state index >= 15 is 0 Å². The van der Waals surface area contributed by atoms with Crippen LogP contribution in [0.25, 0.3) is 0 Å². The summed E-state index contributed by atoms with van der Waals surface area (Å²) in [6, 6.07) is 0.393. The molecule has 6 nitrogen and oxygen atoms in total. The maximum Gasteiger partial charge on any atom is 0.216 e. The van der Waals surface area contributed by atoms with Gasteiger partial charge in [0.05, 0.1) is 12.4 Å². The monoisotopic (exact) mass is 291 g/mol. The fourth-order valence-corrected chi connectivity index (χ4v) is 4.12. The lowest BCUT2D eigenvalue weighted by molar-refractivity contribution is 0.162. The highest BCUT2D eigenvalue weighted by molar-refractivity contribution is 7.89. The van der Waals surface area contributed by atoms with E-state index in [1.807, 2.05) is 6.92 Å². The molecule has 0 aromatic rings. The first-order valence-corrected chi connectivity index (χ1v) is 8.74. The van der Waals surface area contributed by atoms with Crippen molar-refractivity contribution in [3.63, 3.8) is 0 Å². The fraction of sp³-hybridized carbons (Fsp3) is 1.00. The Morgan fingerprint density at radius 2 is 2.00 bits per heavy atom. The molecule has 2 aliphatic heterocycles. The predicted molar refractivity (Wildman–Crippen MR) is 74.7 cm³/mol. The maximum atomic E-state index is 12.2. The minimum absolute atomic E-state index is 0.106. The summed E-state index contributed by atoms with van der Waals surface area (Å²) in [6.07, 6.45) is 0.952. The van der Waals surface area contributed by atoms with Crippen LogP contribution in [0.5, 0.6) is 0 Å². The first-order valence-electron chi connectivity index (χ1n) is 7.14. The van der Waals surface area contributed by atoms with E-state index in [9.17, 15) is 8.42 Å². The maximum absolute atomic E-state index is 12.2. The third-order valence-corrected chi connectivity index (χ3v) is 5.68. The third kappa shape index (κ3) is 4.13. The van der Waals surface area contributed by atoms with Gasteiger partial charge in [0.2, 0.25) is 10.0 Å². The van der Waals surface area contributed by atoms with E-state index in [0.29, 0.717) is 32.3 Å². The zero-order chi connectivity index (χ0) is 13.7. The van der Waals surface area contributed by atoms with Crippen LogP contribution in [0, 0.1) is 0 Å². The summed E-state index contributed by atoms with van der Waals surface area (Å²) in [6.45, 7) is 8.11. The summed E-state index contributed by atoms with van der Waals surface area (Å²) >= 11 is 0. The number of ether oxygens (including phenoxy) is 1. The lowest BCUT2D eigenvalue weighted by atomic mass is 10.2. The van der Waals surface area contributed by atoms with Gasteiger partial charge in [0, 0.05) is 51.9 Å². The molecule has 0 aromatic carbocycles. The van der Waals surface area contributed by atoms with Crippen LogP contribution in [0.15, 0.2) is 0 Å². The van der Waals surface area contributed by atoms with Gasteiger partial charge in [-0.2, -0.15) is 0 Å². The lowest BCUT2D eigenvalue weighted by Crippen LogP contribution is -2.49. The fourth-order valence-electron chi connectivity index (χ4n) is 2.75. The Labute approximate surface area is 116 Å². The van der Waals surface area contributed by atoms with Gasteiger partial charge in [0.25, 0.3) is 0 Å². The number of hydrogen-bond acceptors (Lipinski definition) is 5. The van der Waals surface area contributed by atoms with E-state index in [4.69, 9.17) is 4.74 Å². The molecule has 7 heteroatoms. The molecule has 0 aromatic heterocycles. The lowest BCUT2D eigenvalue weighted by Gasteiger charge is -2.32. The van der Waals surface area contributed by atoms with Crippen molar-refractivity contribution in [2.45, 2.75) is 19.4 Å². The zero-order valence-electron chi connectivity index (χ0n) is 11.7. The Kier molecular flexibility index (Phi) is 5.58. The molecule has 0 spiro atoms. The molecule has 2 aliphatic rings. The van der Waals surface area contributed by atoms with Crippen molar-refractivity contribution < 1.29 is 13.2 Å². The molecule has 1 N–H and O–H groups in total. The third-order valence-electron chi connectivity index (χ3n) is 3.88. The quantitative estimate of drug-likeness (QED) is 0.658. The van der Waals surface area contributed by atoms with Gasteiger partial charge >= 0.3 is 0 Å². The van der Waals surface area contributed by atoms with Crippen LogP contribution in [0.4, 0.5) is 0 Å². The number of nitrogens with zero attached hydrogens (tertiary/aromatic N) is 2. The number of rotatable bonds is 6. The molecule has 1 atom stereocenters. The molecule has 0 saturated carbocycles. The van der Waals surface area contributed by atoms with Crippen molar-refractivity contribution >= 4 is 10.0 Å². The Bertz CT molecular complexity index is 368. The molecular weight excluding hydrogens is 266 g/mol. The van der Waals surface area contributed by atoms with Crippen LogP contribution >= 0.6 is 0 Å². The van der Waals surface area contributed by atoms with Crippen molar-refractivity contribution in [1.29, 1.82) is 0 Å². The highest BCUT2D eigenvalue weighted by Gasteiger charge is 2.34. The second-order valence-electron chi connectivity index (χ2n) is 5.10. The molecular formula is C12H25N3O3S. The Hall–Kier alpha value is -0.210. The van der Waals surface area contributed by atoms with Crippen molar-refractivity contribution in [1.82, 2.24) is 14.5 Å². The van der Waals surface area contributed by atoms with Gasteiger partial charge in [0.1, 0.15) is 0 Å². The minimum atomic E-state index is -3.14. The first-order chi connectivity index (χ1) is 9.13. The Morgan fingerprint density at radius 1 is 1.26 bits per heavy atom. The van der Waals surface area contributed by atoms with Crippen LogP contribution in [0.1, 0.15) is 13.3 Å². The van der Waals surface area contributed by atoms with E-state index in [1.54, 1.807) is 4.31 Å². The predicted octanol–water partition coefficient (Wildman–Crippen LogP) is -0.668. The standard InChI is InChI=1S/C12H25N3O3S/c1-2-18-9-10-19(16,17)15-6-3-12(11-15)14-7-4-13-5-8-14/h12-13H,2-11H2,1H3. The first kappa shape index (κ1) is 15.2.